The largest absolute Gasteiger partial charge is 0.350 e. The number of para-hydroxylation sites is 1. The van der Waals surface area contributed by atoms with Gasteiger partial charge < -0.3 is 5.32 Å². The molecule has 0 fully saturated rings. The summed E-state index contributed by atoms with van der Waals surface area (Å²) in [5, 5.41) is 3.99. The molecule has 24 heavy (non-hydrogen) atoms. The van der Waals surface area contributed by atoms with Crippen LogP contribution in [0.15, 0.2) is 54.6 Å². The van der Waals surface area contributed by atoms with Gasteiger partial charge in [0.05, 0.1) is 16.8 Å². The van der Waals surface area contributed by atoms with Crippen LogP contribution in [0.2, 0.25) is 0 Å². The first-order valence-corrected chi connectivity index (χ1v) is 8.37. The van der Waals surface area contributed by atoms with E-state index in [1.54, 1.807) is 0 Å². The van der Waals surface area contributed by atoms with Crippen LogP contribution in [0.3, 0.4) is 0 Å². The van der Waals surface area contributed by atoms with E-state index in [2.05, 4.69) is 12.2 Å². The fourth-order valence-corrected chi connectivity index (χ4v) is 2.87. The van der Waals surface area contributed by atoms with Crippen molar-refractivity contribution in [2.75, 3.05) is 0 Å². The van der Waals surface area contributed by atoms with Crippen molar-refractivity contribution >= 4 is 16.8 Å². The summed E-state index contributed by atoms with van der Waals surface area (Å²) in [6.45, 7) is 6.07. The second kappa shape index (κ2) is 6.83. The maximum absolute atomic E-state index is 12.9. The lowest BCUT2D eigenvalue weighted by atomic mass is 9.97. The number of fused-ring (bicyclic) bond motifs is 1. The maximum atomic E-state index is 12.9. The molecule has 1 amide bonds. The van der Waals surface area contributed by atoms with E-state index in [1.165, 1.54) is 0 Å². The molecule has 3 heteroatoms. The fourth-order valence-electron chi connectivity index (χ4n) is 2.87. The van der Waals surface area contributed by atoms with Gasteiger partial charge in [0.25, 0.3) is 5.91 Å². The lowest BCUT2D eigenvalue weighted by molar-refractivity contribution is 0.0940. The van der Waals surface area contributed by atoms with Crippen LogP contribution in [-0.2, 0) is 0 Å². The third-order valence-electron chi connectivity index (χ3n) is 4.40. The zero-order valence-electron chi connectivity index (χ0n) is 14.3. The SMILES string of the molecule is CC[C@H](C)NC(=O)c1c(C)c(-c2ccccc2)nc2ccccc12. The number of aromatic nitrogens is 1. The van der Waals surface area contributed by atoms with E-state index in [4.69, 9.17) is 4.98 Å². The Hall–Kier alpha value is -2.68. The Morgan fingerprint density at radius 2 is 1.75 bits per heavy atom. The minimum Gasteiger partial charge on any atom is -0.350 e. The highest BCUT2D eigenvalue weighted by molar-refractivity contribution is 6.09. The van der Waals surface area contributed by atoms with Gasteiger partial charge in [-0.2, -0.15) is 0 Å². The molecule has 1 heterocycles. The van der Waals surface area contributed by atoms with Crippen molar-refractivity contribution in [2.45, 2.75) is 33.2 Å². The summed E-state index contributed by atoms with van der Waals surface area (Å²) in [5.41, 5.74) is 4.37. The Kier molecular flexibility index (Phi) is 4.61. The number of carbonyl (C=O) groups excluding carboxylic acids is 1. The van der Waals surface area contributed by atoms with Crippen LogP contribution in [0, 0.1) is 6.92 Å². The summed E-state index contributed by atoms with van der Waals surface area (Å²) in [6, 6.07) is 18.0. The van der Waals surface area contributed by atoms with Gasteiger partial charge in [0.15, 0.2) is 0 Å². The van der Waals surface area contributed by atoms with Crippen LogP contribution in [0.4, 0.5) is 0 Å². The number of nitrogens with zero attached hydrogens (tertiary/aromatic N) is 1. The molecule has 0 spiro atoms. The van der Waals surface area contributed by atoms with Gasteiger partial charge in [-0.3, -0.25) is 4.79 Å². The molecule has 3 nitrogen and oxygen atoms in total. The molecule has 0 bridgehead atoms. The molecule has 0 saturated carbocycles. The van der Waals surface area contributed by atoms with Gasteiger partial charge in [-0.05, 0) is 31.9 Å². The van der Waals surface area contributed by atoms with Crippen molar-refractivity contribution in [2.24, 2.45) is 0 Å². The van der Waals surface area contributed by atoms with Crippen LogP contribution >= 0.6 is 0 Å². The van der Waals surface area contributed by atoms with Gasteiger partial charge in [0.2, 0.25) is 0 Å². The van der Waals surface area contributed by atoms with E-state index >= 15 is 0 Å². The molecule has 0 saturated heterocycles. The Balaban J connectivity index is 2.22. The minimum absolute atomic E-state index is 0.0300. The van der Waals surface area contributed by atoms with Gasteiger partial charge in [-0.25, -0.2) is 4.98 Å². The van der Waals surface area contributed by atoms with Crippen molar-refractivity contribution in [1.29, 1.82) is 0 Å². The number of hydrogen-bond acceptors (Lipinski definition) is 2. The average Bonchev–Trinajstić information content (AvgIpc) is 2.61. The normalized spacial score (nSPS) is 12.1. The van der Waals surface area contributed by atoms with Crippen LogP contribution in [0.5, 0.6) is 0 Å². The summed E-state index contributed by atoms with van der Waals surface area (Å²) >= 11 is 0. The minimum atomic E-state index is -0.0300. The molecule has 1 aromatic heterocycles. The van der Waals surface area contributed by atoms with E-state index in [0.717, 1.165) is 39.7 Å². The second-order valence-electron chi connectivity index (χ2n) is 6.13. The van der Waals surface area contributed by atoms with E-state index in [9.17, 15) is 4.79 Å². The van der Waals surface area contributed by atoms with Crippen LogP contribution in [0.1, 0.15) is 36.2 Å². The molecule has 0 radical (unpaired) electrons. The van der Waals surface area contributed by atoms with Gasteiger partial charge >= 0.3 is 0 Å². The maximum Gasteiger partial charge on any atom is 0.252 e. The van der Waals surface area contributed by atoms with Gasteiger partial charge in [0.1, 0.15) is 0 Å². The summed E-state index contributed by atoms with van der Waals surface area (Å²) in [5.74, 6) is -0.0300. The fraction of sp³-hybridized carbons (Fsp3) is 0.238. The van der Waals surface area contributed by atoms with Crippen molar-refractivity contribution in [3.05, 3.63) is 65.7 Å². The topological polar surface area (TPSA) is 42.0 Å². The third-order valence-corrected chi connectivity index (χ3v) is 4.40. The summed E-state index contributed by atoms with van der Waals surface area (Å²) < 4.78 is 0. The van der Waals surface area contributed by atoms with Crippen LogP contribution < -0.4 is 5.32 Å². The molecule has 0 aliphatic heterocycles. The summed E-state index contributed by atoms with van der Waals surface area (Å²) in [6.07, 6.45) is 0.902. The molecular weight excluding hydrogens is 296 g/mol. The lowest BCUT2D eigenvalue weighted by Crippen LogP contribution is -2.32. The van der Waals surface area contributed by atoms with E-state index in [-0.39, 0.29) is 11.9 Å². The molecule has 1 atom stereocenters. The van der Waals surface area contributed by atoms with E-state index in [0.29, 0.717) is 0 Å². The van der Waals surface area contributed by atoms with Crippen LogP contribution in [0.25, 0.3) is 22.2 Å². The quantitative estimate of drug-likeness (QED) is 0.755. The highest BCUT2D eigenvalue weighted by Crippen LogP contribution is 2.29. The lowest BCUT2D eigenvalue weighted by Gasteiger charge is -2.17. The molecular formula is C21H22N2O. The molecule has 3 rings (SSSR count). The zero-order chi connectivity index (χ0) is 17.1. The van der Waals surface area contributed by atoms with Crippen molar-refractivity contribution in [1.82, 2.24) is 10.3 Å². The molecule has 0 aliphatic rings. The van der Waals surface area contributed by atoms with Crippen molar-refractivity contribution < 1.29 is 4.79 Å². The van der Waals surface area contributed by atoms with E-state index in [1.807, 2.05) is 68.4 Å². The van der Waals surface area contributed by atoms with Crippen molar-refractivity contribution in [3.63, 3.8) is 0 Å². The number of carbonyl (C=O) groups is 1. The highest BCUT2D eigenvalue weighted by Gasteiger charge is 2.19. The summed E-state index contributed by atoms with van der Waals surface area (Å²) in [7, 11) is 0. The molecule has 3 aromatic rings. The Labute approximate surface area is 142 Å². The predicted molar refractivity (Wildman–Crippen MR) is 99.1 cm³/mol. The molecule has 2 aromatic carbocycles. The number of benzene rings is 2. The first kappa shape index (κ1) is 16.2. The predicted octanol–water partition coefficient (Wildman–Crippen LogP) is 4.74. The number of hydrogen-bond donors (Lipinski definition) is 1. The smallest absolute Gasteiger partial charge is 0.252 e. The number of nitrogens with one attached hydrogen (secondary N) is 1. The third kappa shape index (κ3) is 3.02. The molecule has 0 unspecified atom stereocenters. The number of pyridine rings is 1. The molecule has 1 N–H and O–H groups in total. The number of rotatable bonds is 4. The molecule has 122 valence electrons. The van der Waals surface area contributed by atoms with Gasteiger partial charge in [-0.1, -0.05) is 55.5 Å². The highest BCUT2D eigenvalue weighted by atomic mass is 16.1. The van der Waals surface area contributed by atoms with Crippen molar-refractivity contribution in [3.8, 4) is 11.3 Å². The summed E-state index contributed by atoms with van der Waals surface area (Å²) in [4.78, 5) is 17.7. The zero-order valence-corrected chi connectivity index (χ0v) is 14.3. The average molecular weight is 318 g/mol. The Morgan fingerprint density at radius 3 is 2.46 bits per heavy atom. The van der Waals surface area contributed by atoms with E-state index < -0.39 is 0 Å². The Morgan fingerprint density at radius 1 is 1.08 bits per heavy atom. The first-order chi connectivity index (χ1) is 11.6. The monoisotopic (exact) mass is 318 g/mol. The molecule has 0 aliphatic carbocycles. The van der Waals surface area contributed by atoms with Gasteiger partial charge in [0, 0.05) is 17.0 Å². The number of amides is 1. The van der Waals surface area contributed by atoms with Crippen LogP contribution in [-0.4, -0.2) is 16.9 Å². The standard InChI is InChI=1S/C21H22N2O/c1-4-14(2)22-21(24)19-15(3)20(16-10-6-5-7-11-16)23-18-13-9-8-12-17(18)19/h5-14H,4H2,1-3H3,(H,22,24)/t14-/m0/s1. The first-order valence-electron chi connectivity index (χ1n) is 8.37. The van der Waals surface area contributed by atoms with Gasteiger partial charge in [-0.15, -0.1) is 0 Å². The Bertz CT molecular complexity index is 872. The second-order valence-corrected chi connectivity index (χ2v) is 6.13.